The van der Waals surface area contributed by atoms with Crippen molar-refractivity contribution in [3.8, 4) is 0 Å². The van der Waals surface area contributed by atoms with Gasteiger partial charge in [0.25, 0.3) is 0 Å². The molecular formula is C15H19F4N. The molecule has 1 saturated carbocycles. The van der Waals surface area contributed by atoms with Crippen molar-refractivity contribution in [2.24, 2.45) is 11.8 Å². The quantitative estimate of drug-likeness (QED) is 0.748. The van der Waals surface area contributed by atoms with Gasteiger partial charge in [0.15, 0.2) is 0 Å². The third kappa shape index (κ3) is 3.25. The topological polar surface area (TPSA) is 12.0 Å². The highest BCUT2D eigenvalue weighted by Gasteiger charge is 2.32. The van der Waals surface area contributed by atoms with Crippen molar-refractivity contribution < 1.29 is 17.6 Å². The summed E-state index contributed by atoms with van der Waals surface area (Å²) in [7, 11) is 0. The predicted molar refractivity (Wildman–Crippen MR) is 71.0 cm³/mol. The fraction of sp³-hybridized carbons (Fsp3) is 0.600. The van der Waals surface area contributed by atoms with Crippen LogP contribution in [0.25, 0.3) is 0 Å². The van der Waals surface area contributed by atoms with Crippen molar-refractivity contribution in [1.82, 2.24) is 0 Å². The zero-order valence-corrected chi connectivity index (χ0v) is 11.6. The summed E-state index contributed by atoms with van der Waals surface area (Å²) in [5, 5.41) is 3.07. The van der Waals surface area contributed by atoms with E-state index in [1.54, 1.807) is 0 Å². The van der Waals surface area contributed by atoms with Crippen LogP contribution in [-0.4, -0.2) is 6.04 Å². The Labute approximate surface area is 116 Å². The zero-order chi connectivity index (χ0) is 14.9. The minimum atomic E-state index is -4.51. The molecule has 1 fully saturated rings. The van der Waals surface area contributed by atoms with E-state index in [2.05, 4.69) is 19.2 Å². The molecule has 0 aromatic heterocycles. The summed E-state index contributed by atoms with van der Waals surface area (Å²) in [6, 6.07) is 2.77. The molecule has 0 heterocycles. The van der Waals surface area contributed by atoms with Gasteiger partial charge in [0, 0.05) is 6.04 Å². The number of alkyl halides is 3. The second-order valence-electron chi connectivity index (χ2n) is 5.71. The third-order valence-corrected chi connectivity index (χ3v) is 4.34. The first-order chi connectivity index (χ1) is 9.29. The van der Waals surface area contributed by atoms with Gasteiger partial charge in [0.1, 0.15) is 5.82 Å². The second-order valence-corrected chi connectivity index (χ2v) is 5.71. The maximum Gasteiger partial charge on any atom is 0.416 e. The van der Waals surface area contributed by atoms with Crippen LogP contribution in [0, 0.1) is 17.7 Å². The highest BCUT2D eigenvalue weighted by molar-refractivity contribution is 5.47. The Hall–Kier alpha value is -1.26. The fourth-order valence-electron chi connectivity index (χ4n) is 2.79. The first kappa shape index (κ1) is 15.1. The van der Waals surface area contributed by atoms with Crippen LogP contribution >= 0.6 is 0 Å². The third-order valence-electron chi connectivity index (χ3n) is 4.34. The van der Waals surface area contributed by atoms with Crippen LogP contribution in [-0.2, 0) is 6.18 Å². The number of benzene rings is 1. The number of hydrogen-bond donors (Lipinski definition) is 1. The first-order valence-corrected chi connectivity index (χ1v) is 6.92. The molecule has 0 spiro atoms. The lowest BCUT2D eigenvalue weighted by Crippen LogP contribution is -2.35. The van der Waals surface area contributed by atoms with Crippen LogP contribution in [0.4, 0.5) is 23.2 Å². The average Bonchev–Trinajstić information content (AvgIpc) is 2.36. The van der Waals surface area contributed by atoms with E-state index in [0.29, 0.717) is 17.9 Å². The lowest BCUT2D eigenvalue weighted by atomic mass is 9.78. The van der Waals surface area contributed by atoms with E-state index >= 15 is 0 Å². The smallest absolute Gasteiger partial charge is 0.380 e. The lowest BCUT2D eigenvalue weighted by Gasteiger charge is -2.35. The van der Waals surface area contributed by atoms with Gasteiger partial charge in [-0.2, -0.15) is 13.2 Å². The van der Waals surface area contributed by atoms with Gasteiger partial charge in [-0.15, -0.1) is 0 Å². The van der Waals surface area contributed by atoms with Crippen molar-refractivity contribution in [2.75, 3.05) is 5.32 Å². The van der Waals surface area contributed by atoms with Crippen molar-refractivity contribution in [3.63, 3.8) is 0 Å². The van der Waals surface area contributed by atoms with E-state index in [1.807, 2.05) is 0 Å². The molecule has 1 aliphatic rings. The normalized spacial score (nSPS) is 27.4. The molecule has 3 atom stereocenters. The van der Waals surface area contributed by atoms with E-state index in [1.165, 1.54) is 6.07 Å². The Morgan fingerprint density at radius 3 is 2.45 bits per heavy atom. The predicted octanol–water partition coefficient (Wildman–Crippen LogP) is 5.08. The van der Waals surface area contributed by atoms with E-state index in [0.717, 1.165) is 25.3 Å². The second kappa shape index (κ2) is 5.62. The molecule has 1 aliphatic carbocycles. The maximum absolute atomic E-state index is 13.8. The number of halogens is 4. The van der Waals surface area contributed by atoms with Crippen LogP contribution in [0.2, 0.25) is 0 Å². The molecule has 0 saturated heterocycles. The summed E-state index contributed by atoms with van der Waals surface area (Å²) in [4.78, 5) is 0. The number of rotatable bonds is 2. The molecule has 1 N–H and O–H groups in total. The Morgan fingerprint density at radius 1 is 1.15 bits per heavy atom. The fourth-order valence-corrected chi connectivity index (χ4v) is 2.79. The van der Waals surface area contributed by atoms with Gasteiger partial charge in [-0.3, -0.25) is 0 Å². The van der Waals surface area contributed by atoms with Crippen molar-refractivity contribution in [2.45, 2.75) is 45.3 Å². The molecule has 2 rings (SSSR count). The van der Waals surface area contributed by atoms with Gasteiger partial charge in [0.05, 0.1) is 11.3 Å². The van der Waals surface area contributed by atoms with Crippen molar-refractivity contribution >= 4 is 5.69 Å². The monoisotopic (exact) mass is 289 g/mol. The average molecular weight is 289 g/mol. The van der Waals surface area contributed by atoms with E-state index < -0.39 is 17.6 Å². The highest BCUT2D eigenvalue weighted by Crippen LogP contribution is 2.34. The van der Waals surface area contributed by atoms with Gasteiger partial charge in [0.2, 0.25) is 0 Å². The Kier molecular flexibility index (Phi) is 4.25. The molecular weight excluding hydrogens is 270 g/mol. The Bertz CT molecular complexity index is 469. The minimum Gasteiger partial charge on any atom is -0.380 e. The maximum atomic E-state index is 13.8. The lowest BCUT2D eigenvalue weighted by molar-refractivity contribution is -0.137. The van der Waals surface area contributed by atoms with Gasteiger partial charge in [-0.05, 0) is 36.5 Å². The van der Waals surface area contributed by atoms with Crippen molar-refractivity contribution in [1.29, 1.82) is 0 Å². The summed E-state index contributed by atoms with van der Waals surface area (Å²) in [6.45, 7) is 4.26. The van der Waals surface area contributed by atoms with Gasteiger partial charge >= 0.3 is 6.18 Å². The highest BCUT2D eigenvalue weighted by atomic mass is 19.4. The molecule has 3 unspecified atom stereocenters. The Morgan fingerprint density at radius 2 is 1.85 bits per heavy atom. The molecule has 0 amide bonds. The largest absolute Gasteiger partial charge is 0.416 e. The van der Waals surface area contributed by atoms with Crippen LogP contribution in [0.5, 0.6) is 0 Å². The van der Waals surface area contributed by atoms with Crippen LogP contribution in [0.3, 0.4) is 0 Å². The molecule has 5 heteroatoms. The molecule has 0 radical (unpaired) electrons. The van der Waals surface area contributed by atoms with Crippen molar-refractivity contribution in [3.05, 3.63) is 29.6 Å². The Balaban J connectivity index is 2.14. The van der Waals surface area contributed by atoms with Gasteiger partial charge in [-0.1, -0.05) is 26.7 Å². The molecule has 112 valence electrons. The molecule has 1 aromatic rings. The van der Waals surface area contributed by atoms with Gasteiger partial charge < -0.3 is 5.32 Å². The van der Waals surface area contributed by atoms with Crippen LogP contribution in [0.15, 0.2) is 18.2 Å². The SMILES string of the molecule is CC1CCCC(Nc2ccc(C(F)(F)F)cc2F)C1C. The molecule has 0 aliphatic heterocycles. The summed E-state index contributed by atoms with van der Waals surface area (Å²) in [5.74, 6) is 0.0782. The zero-order valence-electron chi connectivity index (χ0n) is 11.6. The number of anilines is 1. The van der Waals surface area contributed by atoms with Crippen LogP contribution in [0.1, 0.15) is 38.7 Å². The molecule has 1 nitrogen and oxygen atoms in total. The number of nitrogens with one attached hydrogen (secondary N) is 1. The van der Waals surface area contributed by atoms with E-state index in [9.17, 15) is 17.6 Å². The van der Waals surface area contributed by atoms with E-state index in [-0.39, 0.29) is 11.7 Å². The minimum absolute atomic E-state index is 0.116. The summed E-state index contributed by atoms with van der Waals surface area (Å²) in [6.07, 6.45) is -1.38. The number of hydrogen-bond acceptors (Lipinski definition) is 1. The first-order valence-electron chi connectivity index (χ1n) is 6.92. The van der Waals surface area contributed by atoms with Gasteiger partial charge in [-0.25, -0.2) is 4.39 Å². The summed E-state index contributed by atoms with van der Waals surface area (Å²) in [5.41, 5.74) is -0.797. The standard InChI is InChI=1S/C15H19F4N/c1-9-4-3-5-13(10(9)2)20-14-7-6-11(8-12(14)16)15(17,18)19/h6-10,13,20H,3-5H2,1-2H3. The van der Waals surface area contributed by atoms with Crippen LogP contribution < -0.4 is 5.32 Å². The molecule has 1 aromatic carbocycles. The molecule has 20 heavy (non-hydrogen) atoms. The summed E-state index contributed by atoms with van der Waals surface area (Å²) < 4.78 is 51.3. The van der Waals surface area contributed by atoms with E-state index in [4.69, 9.17) is 0 Å². The summed E-state index contributed by atoms with van der Waals surface area (Å²) >= 11 is 0. The molecule has 0 bridgehead atoms.